The summed E-state index contributed by atoms with van der Waals surface area (Å²) in [7, 11) is 1.76. The molecule has 4 nitrogen and oxygen atoms in total. The average Bonchev–Trinajstić information content (AvgIpc) is 2.62. The molecule has 1 fully saturated rings. The summed E-state index contributed by atoms with van der Waals surface area (Å²) < 4.78 is 0. The lowest BCUT2D eigenvalue weighted by Gasteiger charge is -2.06. The van der Waals surface area contributed by atoms with Crippen LogP contribution in [0.25, 0.3) is 0 Å². The second kappa shape index (κ2) is 6.14. The van der Waals surface area contributed by atoms with Crippen LogP contribution in [0, 0.1) is 5.92 Å². The van der Waals surface area contributed by atoms with E-state index >= 15 is 0 Å². The predicted molar refractivity (Wildman–Crippen MR) is 57.1 cm³/mol. The molecule has 2 heterocycles. The van der Waals surface area contributed by atoms with E-state index in [1.807, 2.05) is 18.2 Å². The molecule has 1 amide bonds. The molecule has 0 saturated carbocycles. The van der Waals surface area contributed by atoms with E-state index < -0.39 is 0 Å². The van der Waals surface area contributed by atoms with E-state index in [-0.39, 0.29) is 18.4 Å². The standard InChI is InChI=1S/C6H11NO2.C5H5N/c1-7-3-5(4-8)2-6(7)9;1-2-4-6-5-3-1/h5,8H,2-4H2,1H3;1-5H. The van der Waals surface area contributed by atoms with Crippen molar-refractivity contribution >= 4 is 5.91 Å². The molecule has 0 radical (unpaired) electrons. The number of amides is 1. The summed E-state index contributed by atoms with van der Waals surface area (Å²) in [4.78, 5) is 16.2. The van der Waals surface area contributed by atoms with Crippen LogP contribution in [0.3, 0.4) is 0 Å². The molecule has 0 aliphatic carbocycles. The van der Waals surface area contributed by atoms with Crippen molar-refractivity contribution in [2.24, 2.45) is 5.92 Å². The number of pyridine rings is 1. The Morgan fingerprint density at radius 1 is 1.47 bits per heavy atom. The fourth-order valence-corrected chi connectivity index (χ4v) is 1.39. The number of likely N-dealkylation sites (tertiary alicyclic amines) is 1. The smallest absolute Gasteiger partial charge is 0.222 e. The summed E-state index contributed by atoms with van der Waals surface area (Å²) in [5.74, 6) is 0.330. The van der Waals surface area contributed by atoms with Gasteiger partial charge in [0, 0.05) is 44.9 Å². The molecule has 0 bridgehead atoms. The summed E-state index contributed by atoms with van der Waals surface area (Å²) in [6, 6.07) is 5.72. The van der Waals surface area contributed by atoms with Crippen molar-refractivity contribution in [3.63, 3.8) is 0 Å². The lowest BCUT2D eigenvalue weighted by Crippen LogP contribution is -2.19. The number of aromatic nitrogens is 1. The number of hydrogen-bond acceptors (Lipinski definition) is 3. The van der Waals surface area contributed by atoms with Gasteiger partial charge in [-0.05, 0) is 12.1 Å². The summed E-state index contributed by atoms with van der Waals surface area (Å²) in [5, 5.41) is 8.62. The highest BCUT2D eigenvalue weighted by Gasteiger charge is 2.25. The first kappa shape index (κ1) is 11.7. The number of aliphatic hydroxyl groups is 1. The Balaban J connectivity index is 0.000000162. The Kier molecular flexibility index (Phi) is 4.77. The van der Waals surface area contributed by atoms with Crippen molar-refractivity contribution in [3.05, 3.63) is 30.6 Å². The van der Waals surface area contributed by atoms with Gasteiger partial charge in [-0.3, -0.25) is 9.78 Å². The largest absolute Gasteiger partial charge is 0.396 e. The third kappa shape index (κ3) is 4.08. The van der Waals surface area contributed by atoms with Gasteiger partial charge in [0.2, 0.25) is 5.91 Å². The minimum Gasteiger partial charge on any atom is -0.396 e. The van der Waals surface area contributed by atoms with Gasteiger partial charge in [0.05, 0.1) is 0 Å². The van der Waals surface area contributed by atoms with Gasteiger partial charge in [-0.15, -0.1) is 0 Å². The molecule has 0 spiro atoms. The van der Waals surface area contributed by atoms with Crippen molar-refractivity contribution in [1.82, 2.24) is 9.88 Å². The van der Waals surface area contributed by atoms with Crippen LogP contribution in [0.2, 0.25) is 0 Å². The van der Waals surface area contributed by atoms with Gasteiger partial charge in [0.1, 0.15) is 0 Å². The van der Waals surface area contributed by atoms with Crippen LogP contribution in [0.1, 0.15) is 6.42 Å². The molecular weight excluding hydrogens is 192 g/mol. The molecule has 1 atom stereocenters. The Morgan fingerprint density at radius 3 is 2.33 bits per heavy atom. The maximum atomic E-state index is 10.8. The topological polar surface area (TPSA) is 53.4 Å². The Morgan fingerprint density at radius 2 is 2.13 bits per heavy atom. The highest BCUT2D eigenvalue weighted by atomic mass is 16.3. The molecule has 1 saturated heterocycles. The van der Waals surface area contributed by atoms with Gasteiger partial charge < -0.3 is 10.0 Å². The summed E-state index contributed by atoms with van der Waals surface area (Å²) in [5.41, 5.74) is 0. The zero-order chi connectivity index (χ0) is 11.1. The number of hydrogen-bond donors (Lipinski definition) is 1. The van der Waals surface area contributed by atoms with Gasteiger partial charge >= 0.3 is 0 Å². The molecule has 1 unspecified atom stereocenters. The van der Waals surface area contributed by atoms with E-state index in [9.17, 15) is 4.79 Å². The van der Waals surface area contributed by atoms with Gasteiger partial charge in [0.15, 0.2) is 0 Å². The fourth-order valence-electron chi connectivity index (χ4n) is 1.39. The van der Waals surface area contributed by atoms with E-state index in [0.717, 1.165) is 6.54 Å². The van der Waals surface area contributed by atoms with Crippen LogP contribution in [-0.2, 0) is 4.79 Å². The predicted octanol–water partition coefficient (Wildman–Crippen LogP) is 0.539. The number of carbonyl (C=O) groups excluding carboxylic acids is 1. The van der Waals surface area contributed by atoms with Crippen molar-refractivity contribution in [1.29, 1.82) is 0 Å². The van der Waals surface area contributed by atoms with Crippen LogP contribution in [-0.4, -0.2) is 41.1 Å². The first-order valence-corrected chi connectivity index (χ1v) is 4.94. The zero-order valence-corrected chi connectivity index (χ0v) is 8.84. The minimum atomic E-state index is 0.135. The molecule has 1 aliphatic heterocycles. The monoisotopic (exact) mass is 208 g/mol. The molecule has 1 N–H and O–H groups in total. The van der Waals surface area contributed by atoms with E-state index in [1.165, 1.54) is 0 Å². The molecule has 1 aromatic heterocycles. The average molecular weight is 208 g/mol. The third-order valence-corrected chi connectivity index (χ3v) is 2.25. The Labute approximate surface area is 89.6 Å². The van der Waals surface area contributed by atoms with E-state index in [1.54, 1.807) is 24.3 Å². The molecule has 1 aliphatic rings. The van der Waals surface area contributed by atoms with Crippen molar-refractivity contribution in [2.75, 3.05) is 20.2 Å². The van der Waals surface area contributed by atoms with Gasteiger partial charge in [-0.25, -0.2) is 0 Å². The van der Waals surface area contributed by atoms with E-state index in [2.05, 4.69) is 4.98 Å². The minimum absolute atomic E-state index is 0.135. The summed E-state index contributed by atoms with van der Waals surface area (Å²) >= 11 is 0. The Bertz CT molecular complexity index is 263. The quantitative estimate of drug-likeness (QED) is 0.732. The van der Waals surface area contributed by atoms with Crippen LogP contribution in [0.15, 0.2) is 30.6 Å². The SMILES string of the molecule is CN1CC(CO)CC1=O.c1ccncc1. The molecule has 2 rings (SSSR count). The van der Waals surface area contributed by atoms with Crippen molar-refractivity contribution in [3.8, 4) is 0 Å². The zero-order valence-electron chi connectivity index (χ0n) is 8.84. The van der Waals surface area contributed by atoms with Crippen LogP contribution < -0.4 is 0 Å². The lowest BCUT2D eigenvalue weighted by molar-refractivity contribution is -0.126. The van der Waals surface area contributed by atoms with Crippen molar-refractivity contribution in [2.45, 2.75) is 6.42 Å². The van der Waals surface area contributed by atoms with Crippen molar-refractivity contribution < 1.29 is 9.90 Å². The Hall–Kier alpha value is -1.42. The second-order valence-corrected chi connectivity index (χ2v) is 3.55. The maximum Gasteiger partial charge on any atom is 0.222 e. The molecule has 15 heavy (non-hydrogen) atoms. The third-order valence-electron chi connectivity index (χ3n) is 2.25. The molecule has 1 aromatic rings. The van der Waals surface area contributed by atoms with E-state index in [0.29, 0.717) is 6.42 Å². The van der Waals surface area contributed by atoms with E-state index in [4.69, 9.17) is 5.11 Å². The van der Waals surface area contributed by atoms with Gasteiger partial charge in [-0.1, -0.05) is 6.07 Å². The highest BCUT2D eigenvalue weighted by molar-refractivity contribution is 5.78. The molecular formula is C11H16N2O2. The highest BCUT2D eigenvalue weighted by Crippen LogP contribution is 2.14. The number of rotatable bonds is 1. The number of carbonyl (C=O) groups is 1. The number of aliphatic hydroxyl groups excluding tert-OH is 1. The van der Waals surface area contributed by atoms with Gasteiger partial charge in [0.25, 0.3) is 0 Å². The lowest BCUT2D eigenvalue weighted by atomic mass is 10.1. The van der Waals surface area contributed by atoms with Crippen LogP contribution >= 0.6 is 0 Å². The first-order chi connectivity index (χ1) is 7.24. The normalized spacial score (nSPS) is 19.7. The maximum absolute atomic E-state index is 10.8. The molecule has 82 valence electrons. The molecule has 0 aromatic carbocycles. The van der Waals surface area contributed by atoms with Crippen LogP contribution in [0.4, 0.5) is 0 Å². The van der Waals surface area contributed by atoms with Gasteiger partial charge in [-0.2, -0.15) is 0 Å². The summed E-state index contributed by atoms with van der Waals surface area (Å²) in [6.45, 7) is 0.853. The second-order valence-electron chi connectivity index (χ2n) is 3.55. The fraction of sp³-hybridized carbons (Fsp3) is 0.455. The summed E-state index contributed by atoms with van der Waals surface area (Å²) in [6.07, 6.45) is 4.02. The number of nitrogens with zero attached hydrogens (tertiary/aromatic N) is 2. The van der Waals surface area contributed by atoms with Crippen LogP contribution in [0.5, 0.6) is 0 Å². The molecule has 4 heteroatoms. The first-order valence-electron chi connectivity index (χ1n) is 4.94.